The Morgan fingerprint density at radius 1 is 1.11 bits per heavy atom. The molecule has 1 saturated carbocycles. The van der Waals surface area contributed by atoms with Gasteiger partial charge in [-0.05, 0) is 25.2 Å². The van der Waals surface area contributed by atoms with Crippen molar-refractivity contribution >= 4 is 11.9 Å². The summed E-state index contributed by atoms with van der Waals surface area (Å²) in [5.74, 6) is -1.45. The van der Waals surface area contributed by atoms with Crippen molar-refractivity contribution in [2.75, 3.05) is 45.9 Å². The minimum atomic E-state index is -5.08. The summed E-state index contributed by atoms with van der Waals surface area (Å²) in [6, 6.07) is 0. The van der Waals surface area contributed by atoms with Crippen LogP contribution in [-0.2, 0) is 19.1 Å². The van der Waals surface area contributed by atoms with Gasteiger partial charge in [0.1, 0.15) is 0 Å². The monoisotopic (exact) mass is 394 g/mol. The molecule has 10 heteroatoms. The van der Waals surface area contributed by atoms with E-state index in [0.717, 1.165) is 38.5 Å². The summed E-state index contributed by atoms with van der Waals surface area (Å²) in [6.45, 7) is 6.06. The number of carboxylic acids is 1. The van der Waals surface area contributed by atoms with Crippen LogP contribution in [0.2, 0.25) is 0 Å². The maximum Gasteiger partial charge on any atom is 0.490 e. The van der Waals surface area contributed by atoms with E-state index in [1.54, 1.807) is 0 Å². The van der Waals surface area contributed by atoms with Crippen LogP contribution in [0.5, 0.6) is 0 Å². The molecule has 1 aliphatic carbocycles. The summed E-state index contributed by atoms with van der Waals surface area (Å²) in [6.07, 6.45) is -0.974. The van der Waals surface area contributed by atoms with Crippen LogP contribution >= 0.6 is 0 Å². The zero-order valence-corrected chi connectivity index (χ0v) is 15.0. The van der Waals surface area contributed by atoms with E-state index in [1.807, 2.05) is 4.90 Å². The topological polar surface area (TPSA) is 79.3 Å². The van der Waals surface area contributed by atoms with Crippen LogP contribution in [0.4, 0.5) is 13.2 Å². The molecule has 1 amide bonds. The minimum absolute atomic E-state index is 0.0855. The molecule has 3 atom stereocenters. The summed E-state index contributed by atoms with van der Waals surface area (Å²) in [5, 5.41) is 7.12. The van der Waals surface area contributed by atoms with Gasteiger partial charge in [0, 0.05) is 32.7 Å². The van der Waals surface area contributed by atoms with E-state index >= 15 is 0 Å². The number of morpholine rings is 2. The molecule has 3 aliphatic heterocycles. The summed E-state index contributed by atoms with van der Waals surface area (Å²) in [5.41, 5.74) is 0. The Bertz CT molecular complexity index is 549. The number of ether oxygens (including phenoxy) is 2. The van der Waals surface area contributed by atoms with Gasteiger partial charge in [0.2, 0.25) is 5.91 Å². The summed E-state index contributed by atoms with van der Waals surface area (Å²) in [4.78, 5) is 26.1. The molecule has 0 radical (unpaired) electrons. The van der Waals surface area contributed by atoms with Gasteiger partial charge >= 0.3 is 12.1 Å². The highest BCUT2D eigenvalue weighted by Crippen LogP contribution is 2.36. The Morgan fingerprint density at radius 2 is 1.74 bits per heavy atom. The quantitative estimate of drug-likeness (QED) is 0.769. The Balaban J connectivity index is 0.000000260. The first-order valence-corrected chi connectivity index (χ1v) is 9.28. The van der Waals surface area contributed by atoms with E-state index in [0.29, 0.717) is 19.1 Å². The highest BCUT2D eigenvalue weighted by atomic mass is 19.4. The van der Waals surface area contributed by atoms with E-state index in [9.17, 15) is 18.0 Å². The smallest absolute Gasteiger partial charge is 0.475 e. The largest absolute Gasteiger partial charge is 0.490 e. The van der Waals surface area contributed by atoms with Gasteiger partial charge in [-0.25, -0.2) is 4.79 Å². The molecule has 3 unspecified atom stereocenters. The second-order valence-electron chi connectivity index (χ2n) is 7.54. The third-order valence-electron chi connectivity index (χ3n) is 5.33. The molecule has 2 bridgehead atoms. The first kappa shape index (κ1) is 20.3. The molecule has 27 heavy (non-hydrogen) atoms. The third-order valence-corrected chi connectivity index (χ3v) is 5.33. The number of carbonyl (C=O) groups excluding carboxylic acids is 1. The Kier molecular flexibility index (Phi) is 6.27. The van der Waals surface area contributed by atoms with Crippen molar-refractivity contribution in [2.24, 2.45) is 11.8 Å². The number of halogens is 3. The molecular formula is C17H25F3N2O5. The van der Waals surface area contributed by atoms with E-state index < -0.39 is 12.1 Å². The van der Waals surface area contributed by atoms with Crippen molar-refractivity contribution in [1.82, 2.24) is 9.80 Å². The normalized spacial score (nSPS) is 31.2. The molecule has 7 nitrogen and oxygen atoms in total. The molecule has 3 heterocycles. The number of likely N-dealkylation sites (tertiary alicyclic amines) is 1. The van der Waals surface area contributed by atoms with E-state index in [2.05, 4.69) is 4.90 Å². The number of fused-ring (bicyclic) bond motifs is 2. The zero-order valence-electron chi connectivity index (χ0n) is 15.0. The van der Waals surface area contributed by atoms with Crippen LogP contribution in [0, 0.1) is 11.8 Å². The minimum Gasteiger partial charge on any atom is -0.475 e. The SMILES string of the molecule is O=C(C1CC2CN(CC3CC3)CC1O2)N1CCOCC1.O=C(O)C(F)(F)F. The lowest BCUT2D eigenvalue weighted by atomic mass is 9.98. The number of aliphatic carboxylic acids is 1. The average molecular weight is 394 g/mol. The Labute approximate surface area is 155 Å². The van der Waals surface area contributed by atoms with E-state index in [-0.39, 0.29) is 18.1 Å². The number of hydrogen-bond acceptors (Lipinski definition) is 5. The lowest BCUT2D eigenvalue weighted by Gasteiger charge is -2.34. The molecule has 0 aromatic heterocycles. The fourth-order valence-electron chi connectivity index (χ4n) is 3.83. The molecule has 1 N–H and O–H groups in total. The van der Waals surface area contributed by atoms with Gasteiger partial charge in [0.05, 0.1) is 31.3 Å². The summed E-state index contributed by atoms with van der Waals surface area (Å²) < 4.78 is 43.1. The van der Waals surface area contributed by atoms with Gasteiger partial charge in [-0.1, -0.05) is 0 Å². The van der Waals surface area contributed by atoms with Crippen molar-refractivity contribution in [3.05, 3.63) is 0 Å². The van der Waals surface area contributed by atoms with Gasteiger partial charge in [-0.2, -0.15) is 13.2 Å². The predicted octanol–water partition coefficient (Wildman–Crippen LogP) is 0.978. The van der Waals surface area contributed by atoms with Crippen molar-refractivity contribution < 1.29 is 37.3 Å². The first-order valence-electron chi connectivity index (χ1n) is 9.28. The number of nitrogens with zero attached hydrogens (tertiary/aromatic N) is 2. The molecule has 0 aromatic rings. The second-order valence-corrected chi connectivity index (χ2v) is 7.54. The number of alkyl halides is 3. The van der Waals surface area contributed by atoms with E-state index in [4.69, 9.17) is 19.4 Å². The van der Waals surface area contributed by atoms with Crippen LogP contribution in [-0.4, -0.2) is 91.1 Å². The van der Waals surface area contributed by atoms with Gasteiger partial charge in [-0.3, -0.25) is 9.69 Å². The Hall–Kier alpha value is -1.39. The highest BCUT2D eigenvalue weighted by Gasteiger charge is 2.46. The summed E-state index contributed by atoms with van der Waals surface area (Å²) >= 11 is 0. The lowest BCUT2D eigenvalue weighted by molar-refractivity contribution is -0.192. The van der Waals surface area contributed by atoms with E-state index in [1.165, 1.54) is 19.4 Å². The molecule has 154 valence electrons. The van der Waals surface area contributed by atoms with Crippen LogP contribution in [0.3, 0.4) is 0 Å². The average Bonchev–Trinajstić information content (AvgIpc) is 3.38. The number of rotatable bonds is 3. The van der Waals surface area contributed by atoms with Crippen LogP contribution in [0.15, 0.2) is 0 Å². The van der Waals surface area contributed by atoms with Crippen LogP contribution < -0.4 is 0 Å². The lowest BCUT2D eigenvalue weighted by Crippen LogP contribution is -2.48. The molecule has 4 fully saturated rings. The van der Waals surface area contributed by atoms with Crippen molar-refractivity contribution in [1.29, 1.82) is 0 Å². The third kappa shape index (κ3) is 5.55. The first-order chi connectivity index (χ1) is 12.7. The predicted molar refractivity (Wildman–Crippen MR) is 87.0 cm³/mol. The number of carboxylic acid groups (broad SMARTS) is 1. The van der Waals surface area contributed by atoms with Crippen molar-refractivity contribution in [3.63, 3.8) is 0 Å². The van der Waals surface area contributed by atoms with Gasteiger partial charge in [0.15, 0.2) is 0 Å². The fourth-order valence-corrected chi connectivity index (χ4v) is 3.83. The van der Waals surface area contributed by atoms with Crippen molar-refractivity contribution in [2.45, 2.75) is 37.6 Å². The van der Waals surface area contributed by atoms with Crippen LogP contribution in [0.1, 0.15) is 19.3 Å². The number of carbonyl (C=O) groups is 2. The maximum atomic E-state index is 12.7. The molecule has 4 rings (SSSR count). The van der Waals surface area contributed by atoms with Gasteiger partial charge in [-0.15, -0.1) is 0 Å². The molecule has 0 aromatic carbocycles. The highest BCUT2D eigenvalue weighted by molar-refractivity contribution is 5.80. The van der Waals surface area contributed by atoms with Gasteiger partial charge in [0.25, 0.3) is 0 Å². The van der Waals surface area contributed by atoms with Crippen molar-refractivity contribution in [3.8, 4) is 0 Å². The fraction of sp³-hybridized carbons (Fsp3) is 0.882. The zero-order chi connectivity index (χ0) is 19.6. The number of hydrogen-bond donors (Lipinski definition) is 1. The summed E-state index contributed by atoms with van der Waals surface area (Å²) in [7, 11) is 0. The molecular weight excluding hydrogens is 369 g/mol. The molecule has 0 spiro atoms. The van der Waals surface area contributed by atoms with Crippen LogP contribution in [0.25, 0.3) is 0 Å². The molecule has 4 aliphatic rings. The maximum absolute atomic E-state index is 12.7. The second kappa shape index (κ2) is 8.32. The Morgan fingerprint density at radius 3 is 2.30 bits per heavy atom. The molecule has 3 saturated heterocycles. The van der Waals surface area contributed by atoms with Gasteiger partial charge < -0.3 is 19.5 Å². The number of amides is 1. The standard InChI is InChI=1S/C15H24N2O3.C2HF3O2/c18-15(17-3-5-19-6-4-17)13-7-12-9-16(8-11-1-2-11)10-14(13)20-12;3-2(4,5)1(6)7/h11-14H,1-10H2;(H,6,7).